The summed E-state index contributed by atoms with van der Waals surface area (Å²) in [6.07, 6.45) is 2.16. The second-order valence-electron chi connectivity index (χ2n) is 1.65. The van der Waals surface area contributed by atoms with E-state index in [1.807, 2.05) is 0 Å². The number of alkyl halides is 1. The summed E-state index contributed by atoms with van der Waals surface area (Å²) in [4.78, 5) is 0. The van der Waals surface area contributed by atoms with Crippen molar-refractivity contribution < 1.29 is 9.13 Å². The lowest BCUT2D eigenvalue weighted by atomic mass is 10.4. The predicted molar refractivity (Wildman–Crippen MR) is 31.7 cm³/mol. The van der Waals surface area contributed by atoms with Crippen molar-refractivity contribution >= 4 is 0 Å². The highest BCUT2D eigenvalue weighted by atomic mass is 19.1. The van der Waals surface area contributed by atoms with Gasteiger partial charge in [-0.05, 0) is 6.42 Å². The topological polar surface area (TPSA) is 9.23 Å². The Morgan fingerprint density at radius 3 is 2.62 bits per heavy atom. The molecule has 0 amide bonds. The molecule has 0 aliphatic carbocycles. The molecule has 0 saturated carbocycles. The number of hydrogen-bond donors (Lipinski definition) is 0. The summed E-state index contributed by atoms with van der Waals surface area (Å²) in [5.74, 6) is 0. The molecule has 0 aliphatic heterocycles. The first-order valence-corrected chi connectivity index (χ1v) is 3.05. The molecule has 0 aromatic rings. The predicted octanol–water partition coefficient (Wildman–Crippen LogP) is 1.77. The van der Waals surface area contributed by atoms with Crippen molar-refractivity contribution in [2.24, 2.45) is 0 Å². The summed E-state index contributed by atoms with van der Waals surface area (Å²) in [5, 5.41) is 0. The highest BCUT2D eigenvalue weighted by Crippen LogP contribution is 1.86. The van der Waals surface area contributed by atoms with Gasteiger partial charge >= 0.3 is 0 Å². The van der Waals surface area contributed by atoms with Crippen LogP contribution in [0, 0.1) is 0 Å². The SMILES string of the molecule is CCCCOCCF. The highest BCUT2D eigenvalue weighted by Gasteiger charge is 1.83. The van der Waals surface area contributed by atoms with Crippen LogP contribution in [0.25, 0.3) is 0 Å². The average molecular weight is 120 g/mol. The smallest absolute Gasteiger partial charge is 0.113 e. The molecule has 0 saturated heterocycles. The Morgan fingerprint density at radius 2 is 2.12 bits per heavy atom. The van der Waals surface area contributed by atoms with Crippen molar-refractivity contribution in [3.63, 3.8) is 0 Å². The van der Waals surface area contributed by atoms with Crippen molar-refractivity contribution in [1.29, 1.82) is 0 Å². The highest BCUT2D eigenvalue weighted by molar-refractivity contribution is 4.30. The lowest BCUT2D eigenvalue weighted by Gasteiger charge is -1.96. The van der Waals surface area contributed by atoms with Crippen molar-refractivity contribution in [2.75, 3.05) is 19.9 Å². The van der Waals surface area contributed by atoms with Gasteiger partial charge in [0.05, 0.1) is 6.61 Å². The second kappa shape index (κ2) is 6.89. The van der Waals surface area contributed by atoms with Gasteiger partial charge in [0.25, 0.3) is 0 Å². The minimum absolute atomic E-state index is 0.264. The Kier molecular flexibility index (Phi) is 6.80. The van der Waals surface area contributed by atoms with Crippen molar-refractivity contribution in [1.82, 2.24) is 0 Å². The largest absolute Gasteiger partial charge is 0.379 e. The van der Waals surface area contributed by atoms with Gasteiger partial charge in [0, 0.05) is 6.61 Å². The Bertz CT molecular complexity index is 33.5. The molecule has 2 heteroatoms. The van der Waals surface area contributed by atoms with Gasteiger partial charge in [-0.3, -0.25) is 0 Å². The maximum atomic E-state index is 11.3. The van der Waals surface area contributed by atoms with E-state index in [1.54, 1.807) is 0 Å². The monoisotopic (exact) mass is 120 g/mol. The quantitative estimate of drug-likeness (QED) is 0.502. The van der Waals surface area contributed by atoms with Crippen LogP contribution < -0.4 is 0 Å². The second-order valence-corrected chi connectivity index (χ2v) is 1.65. The molecule has 0 fully saturated rings. The van der Waals surface area contributed by atoms with E-state index < -0.39 is 0 Å². The third kappa shape index (κ3) is 5.89. The Morgan fingerprint density at radius 1 is 1.38 bits per heavy atom. The maximum absolute atomic E-state index is 11.3. The van der Waals surface area contributed by atoms with Gasteiger partial charge in [-0.15, -0.1) is 0 Å². The molecule has 0 heterocycles. The number of unbranched alkanes of at least 4 members (excludes halogenated alkanes) is 1. The van der Waals surface area contributed by atoms with Gasteiger partial charge in [0.15, 0.2) is 0 Å². The zero-order valence-corrected chi connectivity index (χ0v) is 5.32. The zero-order chi connectivity index (χ0) is 6.24. The van der Waals surface area contributed by atoms with Gasteiger partial charge in [0.1, 0.15) is 6.67 Å². The summed E-state index contributed by atoms with van der Waals surface area (Å²) in [5.41, 5.74) is 0. The van der Waals surface area contributed by atoms with E-state index in [0.29, 0.717) is 6.61 Å². The molecular weight excluding hydrogens is 107 g/mol. The minimum atomic E-state index is -0.357. The van der Waals surface area contributed by atoms with E-state index in [0.717, 1.165) is 12.8 Å². The van der Waals surface area contributed by atoms with Crippen LogP contribution in [-0.4, -0.2) is 19.9 Å². The molecule has 0 rings (SSSR count). The van der Waals surface area contributed by atoms with Crippen LogP contribution in [0.5, 0.6) is 0 Å². The van der Waals surface area contributed by atoms with E-state index in [1.165, 1.54) is 0 Å². The molecule has 0 unspecified atom stereocenters. The summed E-state index contributed by atoms with van der Waals surface area (Å²) in [6.45, 7) is 2.70. The van der Waals surface area contributed by atoms with Gasteiger partial charge in [-0.2, -0.15) is 0 Å². The minimum Gasteiger partial charge on any atom is -0.379 e. The van der Waals surface area contributed by atoms with Crippen LogP contribution in [-0.2, 0) is 4.74 Å². The molecule has 0 aromatic heterocycles. The molecule has 1 nitrogen and oxygen atoms in total. The molecule has 0 bridgehead atoms. The van der Waals surface area contributed by atoms with E-state index in [4.69, 9.17) is 4.74 Å². The Balaban J connectivity index is 2.53. The fraction of sp³-hybridized carbons (Fsp3) is 1.00. The zero-order valence-electron chi connectivity index (χ0n) is 5.32. The molecule has 8 heavy (non-hydrogen) atoms. The van der Waals surface area contributed by atoms with Gasteiger partial charge in [0.2, 0.25) is 0 Å². The molecule has 0 spiro atoms. The number of halogens is 1. The fourth-order valence-electron chi connectivity index (χ4n) is 0.403. The average Bonchev–Trinajstić information content (AvgIpc) is 1.81. The van der Waals surface area contributed by atoms with E-state index in [2.05, 4.69) is 6.92 Å². The molecule has 0 aliphatic rings. The Labute approximate surface area is 49.8 Å². The van der Waals surface area contributed by atoms with Crippen molar-refractivity contribution in [3.8, 4) is 0 Å². The fourth-order valence-corrected chi connectivity index (χ4v) is 0.403. The van der Waals surface area contributed by atoms with Crippen LogP contribution in [0.2, 0.25) is 0 Å². The van der Waals surface area contributed by atoms with Crippen molar-refractivity contribution in [2.45, 2.75) is 19.8 Å². The lowest BCUT2D eigenvalue weighted by molar-refractivity contribution is 0.116. The lowest BCUT2D eigenvalue weighted by Crippen LogP contribution is -1.96. The van der Waals surface area contributed by atoms with Crippen LogP contribution in [0.15, 0.2) is 0 Å². The first-order valence-electron chi connectivity index (χ1n) is 3.05. The van der Waals surface area contributed by atoms with Crippen LogP contribution in [0.3, 0.4) is 0 Å². The number of ether oxygens (including phenoxy) is 1. The standard InChI is InChI=1S/C6H13FO/c1-2-3-5-8-6-4-7/h2-6H2,1H3. The molecule has 50 valence electrons. The molecule has 0 radical (unpaired) electrons. The summed E-state index contributed by atoms with van der Waals surface area (Å²) >= 11 is 0. The summed E-state index contributed by atoms with van der Waals surface area (Å²) in [7, 11) is 0. The number of rotatable bonds is 5. The third-order valence-electron chi connectivity index (χ3n) is 0.864. The van der Waals surface area contributed by atoms with E-state index in [9.17, 15) is 4.39 Å². The van der Waals surface area contributed by atoms with Crippen LogP contribution in [0.1, 0.15) is 19.8 Å². The molecule has 0 atom stereocenters. The van der Waals surface area contributed by atoms with Crippen LogP contribution in [0.4, 0.5) is 4.39 Å². The maximum Gasteiger partial charge on any atom is 0.113 e. The molecule has 0 N–H and O–H groups in total. The van der Waals surface area contributed by atoms with Crippen LogP contribution >= 0.6 is 0 Å². The normalized spacial score (nSPS) is 9.75. The molecular formula is C6H13FO. The van der Waals surface area contributed by atoms with E-state index in [-0.39, 0.29) is 13.3 Å². The van der Waals surface area contributed by atoms with Crippen molar-refractivity contribution in [3.05, 3.63) is 0 Å². The summed E-state index contributed by atoms with van der Waals surface area (Å²) < 4.78 is 16.1. The Hall–Kier alpha value is -0.110. The van der Waals surface area contributed by atoms with Gasteiger partial charge in [-0.1, -0.05) is 13.3 Å². The van der Waals surface area contributed by atoms with Gasteiger partial charge in [-0.25, -0.2) is 4.39 Å². The first-order chi connectivity index (χ1) is 3.91. The number of hydrogen-bond acceptors (Lipinski definition) is 1. The molecule has 0 aromatic carbocycles. The van der Waals surface area contributed by atoms with Gasteiger partial charge < -0.3 is 4.74 Å². The summed E-state index contributed by atoms with van der Waals surface area (Å²) in [6, 6.07) is 0. The first kappa shape index (κ1) is 7.89. The van der Waals surface area contributed by atoms with E-state index >= 15 is 0 Å². The third-order valence-corrected chi connectivity index (χ3v) is 0.864.